The number of anilines is 1. The first-order valence-electron chi connectivity index (χ1n) is 5.03. The summed E-state index contributed by atoms with van der Waals surface area (Å²) in [5.41, 5.74) is 5.76. The van der Waals surface area contributed by atoms with E-state index in [2.05, 4.69) is 0 Å². The Morgan fingerprint density at radius 2 is 1.76 bits per heavy atom. The molecule has 0 saturated heterocycles. The number of nitrogen functional groups attached to an aromatic ring is 1. The van der Waals surface area contributed by atoms with E-state index in [-0.39, 0.29) is 17.0 Å². The summed E-state index contributed by atoms with van der Waals surface area (Å²) in [5, 5.41) is 9.38. The minimum Gasteiger partial charge on any atom is -0.506 e. The van der Waals surface area contributed by atoms with Gasteiger partial charge in [-0.15, -0.1) is 0 Å². The van der Waals surface area contributed by atoms with E-state index in [0.29, 0.717) is 5.75 Å². The monoisotopic (exact) mass is 229 g/mol. The largest absolute Gasteiger partial charge is 0.506 e. The number of para-hydroxylation sites is 2. The number of hydrogen-bond donors (Lipinski definition) is 2. The molecular formula is C13H11NO3. The number of nitrogens with two attached hydrogens (primary N) is 1. The van der Waals surface area contributed by atoms with E-state index in [4.69, 9.17) is 10.5 Å². The molecule has 0 fully saturated rings. The van der Waals surface area contributed by atoms with E-state index in [1.807, 2.05) is 6.07 Å². The van der Waals surface area contributed by atoms with E-state index in [0.717, 1.165) is 0 Å². The van der Waals surface area contributed by atoms with Crippen molar-refractivity contribution in [2.24, 2.45) is 0 Å². The number of hydrogen-bond acceptors (Lipinski definition) is 4. The normalized spacial score (nSPS) is 9.88. The Balaban J connectivity index is 2.24. The fraction of sp³-hybridized carbons (Fsp3) is 0. The van der Waals surface area contributed by atoms with Crippen LogP contribution in [0.5, 0.6) is 11.5 Å². The molecule has 0 amide bonds. The molecule has 2 aromatic rings. The van der Waals surface area contributed by atoms with E-state index >= 15 is 0 Å². The van der Waals surface area contributed by atoms with Crippen molar-refractivity contribution >= 4 is 11.7 Å². The molecule has 2 rings (SSSR count). The predicted molar refractivity (Wildman–Crippen MR) is 63.9 cm³/mol. The second-order valence-corrected chi connectivity index (χ2v) is 3.44. The van der Waals surface area contributed by atoms with Gasteiger partial charge in [-0.1, -0.05) is 24.3 Å². The molecule has 0 aliphatic carbocycles. The molecule has 0 atom stereocenters. The fourth-order valence-corrected chi connectivity index (χ4v) is 1.38. The molecule has 86 valence electrons. The SMILES string of the molecule is Nc1c(O)cccc1C(=O)Oc1ccccc1. The Hall–Kier alpha value is -2.49. The molecule has 0 spiro atoms. The van der Waals surface area contributed by atoms with Crippen molar-refractivity contribution in [3.05, 3.63) is 54.1 Å². The summed E-state index contributed by atoms with van der Waals surface area (Å²) in [6.45, 7) is 0. The van der Waals surface area contributed by atoms with Gasteiger partial charge in [-0.25, -0.2) is 4.79 Å². The van der Waals surface area contributed by atoms with Gasteiger partial charge in [0.15, 0.2) is 0 Å². The van der Waals surface area contributed by atoms with Crippen molar-refractivity contribution in [1.82, 2.24) is 0 Å². The predicted octanol–water partition coefficient (Wildman–Crippen LogP) is 2.19. The van der Waals surface area contributed by atoms with Gasteiger partial charge in [0.25, 0.3) is 0 Å². The topological polar surface area (TPSA) is 72.5 Å². The minimum atomic E-state index is -0.593. The summed E-state index contributed by atoms with van der Waals surface area (Å²) in [4.78, 5) is 11.8. The third kappa shape index (κ3) is 2.36. The van der Waals surface area contributed by atoms with Crippen molar-refractivity contribution in [2.45, 2.75) is 0 Å². The van der Waals surface area contributed by atoms with Crippen LogP contribution in [0.2, 0.25) is 0 Å². The molecule has 0 unspecified atom stereocenters. The van der Waals surface area contributed by atoms with Gasteiger partial charge in [0.2, 0.25) is 0 Å². The van der Waals surface area contributed by atoms with Gasteiger partial charge >= 0.3 is 5.97 Å². The Morgan fingerprint density at radius 1 is 1.06 bits per heavy atom. The van der Waals surface area contributed by atoms with Gasteiger partial charge in [-0.2, -0.15) is 0 Å². The lowest BCUT2D eigenvalue weighted by atomic mass is 10.1. The van der Waals surface area contributed by atoms with Gasteiger partial charge in [0, 0.05) is 0 Å². The molecule has 0 heterocycles. The van der Waals surface area contributed by atoms with E-state index in [1.54, 1.807) is 24.3 Å². The Labute approximate surface area is 98.3 Å². The Kier molecular flexibility index (Phi) is 2.96. The molecule has 17 heavy (non-hydrogen) atoms. The number of carbonyl (C=O) groups excluding carboxylic acids is 1. The average molecular weight is 229 g/mol. The lowest BCUT2D eigenvalue weighted by molar-refractivity contribution is 0.0735. The zero-order valence-electron chi connectivity index (χ0n) is 8.96. The number of aromatic hydroxyl groups is 1. The number of benzene rings is 2. The lowest BCUT2D eigenvalue weighted by Gasteiger charge is -2.07. The molecule has 4 nitrogen and oxygen atoms in total. The summed E-state index contributed by atoms with van der Waals surface area (Å²) in [6, 6.07) is 13.1. The summed E-state index contributed by atoms with van der Waals surface area (Å²) in [5.74, 6) is -0.294. The highest BCUT2D eigenvalue weighted by Crippen LogP contribution is 2.24. The van der Waals surface area contributed by atoms with Gasteiger partial charge in [0.05, 0.1) is 11.3 Å². The number of carbonyl (C=O) groups is 1. The molecule has 0 radical (unpaired) electrons. The first-order valence-corrected chi connectivity index (χ1v) is 5.03. The van der Waals surface area contributed by atoms with Crippen LogP contribution in [0.15, 0.2) is 48.5 Å². The minimum absolute atomic E-state index is 0.0217. The van der Waals surface area contributed by atoms with E-state index < -0.39 is 5.97 Å². The Morgan fingerprint density at radius 3 is 2.47 bits per heavy atom. The van der Waals surface area contributed by atoms with Crippen LogP contribution < -0.4 is 10.5 Å². The van der Waals surface area contributed by atoms with Crippen LogP contribution in [-0.4, -0.2) is 11.1 Å². The highest BCUT2D eigenvalue weighted by molar-refractivity contribution is 5.97. The molecular weight excluding hydrogens is 218 g/mol. The first-order chi connectivity index (χ1) is 8.18. The number of ether oxygens (including phenoxy) is 1. The maximum atomic E-state index is 11.8. The van der Waals surface area contributed by atoms with Crippen LogP contribution >= 0.6 is 0 Å². The van der Waals surface area contributed by atoms with E-state index in [9.17, 15) is 9.90 Å². The fourth-order valence-electron chi connectivity index (χ4n) is 1.38. The highest BCUT2D eigenvalue weighted by atomic mass is 16.5. The smallest absolute Gasteiger partial charge is 0.345 e. The van der Waals surface area contributed by atoms with E-state index in [1.165, 1.54) is 18.2 Å². The van der Waals surface area contributed by atoms with Crippen molar-refractivity contribution in [3.63, 3.8) is 0 Å². The van der Waals surface area contributed by atoms with Crippen LogP contribution in [0.3, 0.4) is 0 Å². The van der Waals surface area contributed by atoms with Crippen LogP contribution in [0.25, 0.3) is 0 Å². The van der Waals surface area contributed by atoms with Crippen LogP contribution in [0, 0.1) is 0 Å². The summed E-state index contributed by atoms with van der Waals surface area (Å²) in [6.07, 6.45) is 0. The second kappa shape index (κ2) is 4.57. The number of phenols is 1. The van der Waals surface area contributed by atoms with Crippen molar-refractivity contribution in [2.75, 3.05) is 5.73 Å². The molecule has 3 N–H and O–H groups in total. The van der Waals surface area contributed by atoms with Gasteiger partial charge in [0.1, 0.15) is 11.5 Å². The third-order valence-corrected chi connectivity index (χ3v) is 2.26. The summed E-state index contributed by atoms with van der Waals surface area (Å²) < 4.78 is 5.11. The van der Waals surface area contributed by atoms with Gasteiger partial charge in [-0.3, -0.25) is 0 Å². The van der Waals surface area contributed by atoms with Crippen molar-refractivity contribution in [1.29, 1.82) is 0 Å². The third-order valence-electron chi connectivity index (χ3n) is 2.26. The van der Waals surface area contributed by atoms with Crippen LogP contribution in [-0.2, 0) is 0 Å². The molecule has 0 aliphatic rings. The van der Waals surface area contributed by atoms with Crippen molar-refractivity contribution < 1.29 is 14.6 Å². The standard InChI is InChI=1S/C13H11NO3/c14-12-10(7-4-8-11(12)15)13(16)17-9-5-2-1-3-6-9/h1-8,15H,14H2. The first kappa shape index (κ1) is 11.0. The molecule has 2 aromatic carbocycles. The average Bonchev–Trinajstić information content (AvgIpc) is 2.34. The quantitative estimate of drug-likeness (QED) is 0.358. The summed E-state index contributed by atoms with van der Waals surface area (Å²) >= 11 is 0. The van der Waals surface area contributed by atoms with Crippen LogP contribution in [0.4, 0.5) is 5.69 Å². The van der Waals surface area contributed by atoms with Crippen molar-refractivity contribution in [3.8, 4) is 11.5 Å². The molecule has 0 aromatic heterocycles. The Bertz CT molecular complexity index is 538. The maximum absolute atomic E-state index is 11.8. The number of esters is 1. The zero-order valence-corrected chi connectivity index (χ0v) is 8.96. The highest BCUT2D eigenvalue weighted by Gasteiger charge is 2.14. The molecule has 0 bridgehead atoms. The summed E-state index contributed by atoms with van der Waals surface area (Å²) in [7, 11) is 0. The van der Waals surface area contributed by atoms with Crippen LogP contribution in [0.1, 0.15) is 10.4 Å². The number of phenolic OH excluding ortho intramolecular Hbond substituents is 1. The van der Waals surface area contributed by atoms with Gasteiger partial charge < -0.3 is 15.6 Å². The lowest BCUT2D eigenvalue weighted by Crippen LogP contribution is -2.11. The zero-order chi connectivity index (χ0) is 12.3. The van der Waals surface area contributed by atoms with Gasteiger partial charge in [-0.05, 0) is 24.3 Å². The molecule has 4 heteroatoms. The number of rotatable bonds is 2. The second-order valence-electron chi connectivity index (χ2n) is 3.44. The molecule has 0 saturated carbocycles. The molecule has 0 aliphatic heterocycles. The maximum Gasteiger partial charge on any atom is 0.345 e.